The van der Waals surface area contributed by atoms with Crippen molar-refractivity contribution in [1.82, 2.24) is 9.47 Å². The monoisotopic (exact) mass is 290 g/mol. The molecule has 1 fully saturated rings. The fraction of sp³-hybridized carbons (Fsp3) is 0.400. The summed E-state index contributed by atoms with van der Waals surface area (Å²) in [6, 6.07) is 6.13. The number of benzene rings is 1. The smallest absolute Gasteiger partial charge is 0.307 e. The molecule has 5 heteroatoms. The fourth-order valence-corrected chi connectivity index (χ4v) is 3.77. The van der Waals surface area contributed by atoms with E-state index in [1.165, 1.54) is 16.9 Å². The van der Waals surface area contributed by atoms with Crippen molar-refractivity contribution in [1.29, 1.82) is 0 Å². The van der Waals surface area contributed by atoms with Gasteiger partial charge in [0.1, 0.15) is 0 Å². The standard InChI is InChI=1S/C15H18N2O2S/c1-3-6-15(19)9-17(10-15)8-11-4-5-12-13(7-11)20-14(18)16(12)2/h3-5,7,19H,1,6,8-10H2,2H3. The molecule has 0 atom stereocenters. The Balaban J connectivity index is 1.73. The molecular weight excluding hydrogens is 272 g/mol. The molecule has 1 aliphatic rings. The van der Waals surface area contributed by atoms with Gasteiger partial charge in [0.2, 0.25) is 0 Å². The number of hydrogen-bond acceptors (Lipinski definition) is 4. The summed E-state index contributed by atoms with van der Waals surface area (Å²) >= 11 is 1.28. The second-order valence-corrected chi connectivity index (χ2v) is 6.58. The molecule has 3 rings (SSSR count). The topological polar surface area (TPSA) is 45.5 Å². The van der Waals surface area contributed by atoms with Crippen LogP contribution in [0.1, 0.15) is 12.0 Å². The predicted octanol–water partition coefficient (Wildman–Crippen LogP) is 1.72. The van der Waals surface area contributed by atoms with Crippen molar-refractivity contribution in [3.63, 3.8) is 0 Å². The molecule has 0 saturated carbocycles. The molecule has 1 saturated heterocycles. The third-order valence-electron chi connectivity index (χ3n) is 3.82. The van der Waals surface area contributed by atoms with Gasteiger partial charge in [0.25, 0.3) is 0 Å². The molecule has 1 aromatic carbocycles. The van der Waals surface area contributed by atoms with Gasteiger partial charge in [-0.2, -0.15) is 0 Å². The SMILES string of the molecule is C=CCC1(O)CN(Cc2ccc3c(c2)sc(=O)n3C)C1. The highest BCUT2D eigenvalue weighted by Crippen LogP contribution is 2.27. The van der Waals surface area contributed by atoms with Gasteiger partial charge in [-0.25, -0.2) is 0 Å². The van der Waals surface area contributed by atoms with Crippen LogP contribution in [0.25, 0.3) is 10.2 Å². The lowest BCUT2D eigenvalue weighted by Gasteiger charge is -2.46. The van der Waals surface area contributed by atoms with Crippen molar-refractivity contribution in [2.24, 2.45) is 7.05 Å². The lowest BCUT2D eigenvalue weighted by Crippen LogP contribution is -2.60. The molecule has 1 N–H and O–H groups in total. The molecular formula is C15H18N2O2S. The Morgan fingerprint density at radius 1 is 1.50 bits per heavy atom. The predicted molar refractivity (Wildman–Crippen MR) is 82.1 cm³/mol. The fourth-order valence-electron chi connectivity index (χ4n) is 2.83. The third-order valence-corrected chi connectivity index (χ3v) is 4.82. The maximum atomic E-state index is 11.6. The van der Waals surface area contributed by atoms with Crippen LogP contribution >= 0.6 is 11.3 Å². The number of β-amino-alcohol motifs (C(OH)–C–C–N with tert-alkyl or cyclic N) is 1. The van der Waals surface area contributed by atoms with E-state index in [9.17, 15) is 9.90 Å². The number of nitrogens with zero attached hydrogens (tertiary/aromatic N) is 2. The maximum absolute atomic E-state index is 11.6. The molecule has 4 nitrogen and oxygen atoms in total. The summed E-state index contributed by atoms with van der Waals surface area (Å²) in [7, 11) is 1.80. The zero-order chi connectivity index (χ0) is 14.3. The first kappa shape index (κ1) is 13.5. The van der Waals surface area contributed by atoms with Crippen LogP contribution in [0.4, 0.5) is 0 Å². The summed E-state index contributed by atoms with van der Waals surface area (Å²) in [6.07, 6.45) is 2.41. The van der Waals surface area contributed by atoms with E-state index in [1.807, 2.05) is 6.07 Å². The van der Waals surface area contributed by atoms with Crippen molar-refractivity contribution >= 4 is 21.6 Å². The molecule has 20 heavy (non-hydrogen) atoms. The Morgan fingerprint density at radius 2 is 2.25 bits per heavy atom. The van der Waals surface area contributed by atoms with Crippen molar-refractivity contribution in [2.45, 2.75) is 18.6 Å². The van der Waals surface area contributed by atoms with E-state index in [-0.39, 0.29) is 4.87 Å². The summed E-state index contributed by atoms with van der Waals surface area (Å²) in [5, 5.41) is 10.1. The largest absolute Gasteiger partial charge is 0.387 e. The van der Waals surface area contributed by atoms with E-state index in [0.717, 1.165) is 16.8 Å². The minimum absolute atomic E-state index is 0.0708. The van der Waals surface area contributed by atoms with Crippen LogP contribution in [-0.4, -0.2) is 33.3 Å². The van der Waals surface area contributed by atoms with E-state index < -0.39 is 5.60 Å². The Kier molecular flexibility index (Phi) is 3.28. The molecule has 0 aliphatic carbocycles. The van der Waals surface area contributed by atoms with E-state index in [0.29, 0.717) is 19.5 Å². The molecule has 2 heterocycles. The lowest BCUT2D eigenvalue weighted by atomic mass is 9.90. The van der Waals surface area contributed by atoms with Crippen LogP contribution in [0.15, 0.2) is 35.6 Å². The first-order valence-corrected chi connectivity index (χ1v) is 7.46. The zero-order valence-electron chi connectivity index (χ0n) is 11.5. The molecule has 106 valence electrons. The number of aliphatic hydroxyl groups is 1. The molecule has 0 radical (unpaired) electrons. The normalized spacial score (nSPS) is 18.1. The Labute approximate surface area is 121 Å². The first-order chi connectivity index (χ1) is 9.50. The number of aromatic nitrogens is 1. The van der Waals surface area contributed by atoms with E-state index >= 15 is 0 Å². The molecule has 0 amide bonds. The average molecular weight is 290 g/mol. The summed E-state index contributed by atoms with van der Waals surface area (Å²) in [4.78, 5) is 13.9. The minimum Gasteiger partial charge on any atom is -0.387 e. The second-order valence-electron chi connectivity index (χ2n) is 5.59. The van der Waals surface area contributed by atoms with Gasteiger partial charge in [-0.15, -0.1) is 6.58 Å². The number of likely N-dealkylation sites (tertiary alicyclic amines) is 1. The summed E-state index contributed by atoms with van der Waals surface area (Å²) in [5.74, 6) is 0. The number of aryl methyl sites for hydroxylation is 1. The van der Waals surface area contributed by atoms with Crippen LogP contribution in [0.2, 0.25) is 0 Å². The van der Waals surface area contributed by atoms with Crippen LogP contribution in [0, 0.1) is 0 Å². The second kappa shape index (κ2) is 4.84. The van der Waals surface area contributed by atoms with Gasteiger partial charge in [0.15, 0.2) is 0 Å². The van der Waals surface area contributed by atoms with Gasteiger partial charge in [-0.3, -0.25) is 9.69 Å². The number of fused-ring (bicyclic) bond motifs is 1. The van der Waals surface area contributed by atoms with Crippen LogP contribution in [0.5, 0.6) is 0 Å². The Morgan fingerprint density at radius 3 is 2.95 bits per heavy atom. The first-order valence-electron chi connectivity index (χ1n) is 6.65. The lowest BCUT2D eigenvalue weighted by molar-refractivity contribution is -0.0985. The summed E-state index contributed by atoms with van der Waals surface area (Å²) in [5.41, 5.74) is 1.57. The van der Waals surface area contributed by atoms with Crippen molar-refractivity contribution in [2.75, 3.05) is 13.1 Å². The highest BCUT2D eigenvalue weighted by Gasteiger charge is 2.39. The van der Waals surface area contributed by atoms with E-state index in [4.69, 9.17) is 0 Å². The summed E-state index contributed by atoms with van der Waals surface area (Å²) < 4.78 is 2.70. The highest BCUT2D eigenvalue weighted by atomic mass is 32.1. The van der Waals surface area contributed by atoms with Gasteiger partial charge in [-0.1, -0.05) is 23.5 Å². The van der Waals surface area contributed by atoms with Crippen LogP contribution in [0.3, 0.4) is 0 Å². The number of thiazole rings is 1. The molecule has 1 aliphatic heterocycles. The Hall–Kier alpha value is -1.43. The van der Waals surface area contributed by atoms with Crippen molar-refractivity contribution in [3.8, 4) is 0 Å². The number of rotatable bonds is 4. The molecule has 0 spiro atoms. The molecule has 0 unspecified atom stereocenters. The summed E-state index contributed by atoms with van der Waals surface area (Å²) in [6.45, 7) is 5.85. The van der Waals surface area contributed by atoms with Gasteiger partial charge < -0.3 is 9.67 Å². The van der Waals surface area contributed by atoms with Gasteiger partial charge in [0.05, 0.1) is 15.8 Å². The molecule has 2 aromatic rings. The van der Waals surface area contributed by atoms with Gasteiger partial charge in [-0.05, 0) is 24.1 Å². The maximum Gasteiger partial charge on any atom is 0.307 e. The van der Waals surface area contributed by atoms with Gasteiger partial charge >= 0.3 is 4.87 Å². The Bertz CT molecular complexity index is 710. The van der Waals surface area contributed by atoms with Crippen molar-refractivity contribution in [3.05, 3.63) is 46.1 Å². The number of hydrogen-bond donors (Lipinski definition) is 1. The van der Waals surface area contributed by atoms with Crippen molar-refractivity contribution < 1.29 is 5.11 Å². The highest BCUT2D eigenvalue weighted by molar-refractivity contribution is 7.16. The zero-order valence-corrected chi connectivity index (χ0v) is 12.3. The third kappa shape index (κ3) is 2.32. The van der Waals surface area contributed by atoms with Crippen LogP contribution < -0.4 is 4.87 Å². The quantitative estimate of drug-likeness (QED) is 0.872. The minimum atomic E-state index is -0.594. The van der Waals surface area contributed by atoms with E-state index in [1.54, 1.807) is 17.7 Å². The van der Waals surface area contributed by atoms with E-state index in [2.05, 4.69) is 23.6 Å². The van der Waals surface area contributed by atoms with Gasteiger partial charge in [0, 0.05) is 26.7 Å². The van der Waals surface area contributed by atoms with Crippen LogP contribution in [-0.2, 0) is 13.6 Å². The molecule has 0 bridgehead atoms. The molecule has 1 aromatic heterocycles. The average Bonchev–Trinajstić information content (AvgIpc) is 2.63.